The highest BCUT2D eigenvalue weighted by molar-refractivity contribution is 5.76. The molecule has 0 aliphatic carbocycles. The van der Waals surface area contributed by atoms with Crippen molar-refractivity contribution in [2.24, 2.45) is 5.92 Å². The van der Waals surface area contributed by atoms with E-state index in [2.05, 4.69) is 55.2 Å². The molecule has 4 heterocycles. The first-order chi connectivity index (χ1) is 15.1. The zero-order valence-electron chi connectivity index (χ0n) is 18.8. The van der Waals surface area contributed by atoms with Crippen LogP contribution >= 0.6 is 0 Å². The molecular weight excluding hydrogens is 388 g/mol. The highest BCUT2D eigenvalue weighted by Gasteiger charge is 2.57. The summed E-state index contributed by atoms with van der Waals surface area (Å²) in [5.74, 6) is 2.43. The predicted octanol–water partition coefficient (Wildman–Crippen LogP) is 2.20. The van der Waals surface area contributed by atoms with Gasteiger partial charge in [0, 0.05) is 51.1 Å². The molecule has 0 saturated carbocycles. The minimum Gasteiger partial charge on any atom is -0.341 e. The summed E-state index contributed by atoms with van der Waals surface area (Å²) in [6, 6.07) is 11.4. The van der Waals surface area contributed by atoms with E-state index in [1.807, 2.05) is 13.8 Å². The van der Waals surface area contributed by atoms with Gasteiger partial charge in [0.15, 0.2) is 5.82 Å². The van der Waals surface area contributed by atoms with Crippen molar-refractivity contribution in [3.05, 3.63) is 47.5 Å². The number of benzene rings is 1. The van der Waals surface area contributed by atoms with Gasteiger partial charge in [0.25, 0.3) is 0 Å². The number of likely N-dealkylation sites (tertiary alicyclic amines) is 3. The van der Waals surface area contributed by atoms with Gasteiger partial charge >= 0.3 is 0 Å². The number of nitrogens with one attached hydrogen (secondary N) is 1. The maximum atomic E-state index is 12.5. The van der Waals surface area contributed by atoms with Crippen LogP contribution in [-0.2, 0) is 16.8 Å². The van der Waals surface area contributed by atoms with Crippen LogP contribution in [0.4, 0.5) is 0 Å². The molecular formula is C24H34N6O. The Hall–Kier alpha value is -2.25. The Labute approximate surface area is 184 Å². The fraction of sp³-hybridized carbons (Fsp3) is 0.625. The number of hydrogen-bond acceptors (Lipinski definition) is 5. The molecule has 5 rings (SSSR count). The molecule has 0 bridgehead atoms. The summed E-state index contributed by atoms with van der Waals surface area (Å²) >= 11 is 0. The highest BCUT2D eigenvalue weighted by atomic mass is 16.2. The minimum atomic E-state index is -0.128. The Morgan fingerprint density at radius 3 is 2.61 bits per heavy atom. The number of aromatic amines is 1. The number of aryl methyl sites for hydroxylation is 1. The summed E-state index contributed by atoms with van der Waals surface area (Å²) in [5, 5.41) is 7.62. The molecule has 1 amide bonds. The lowest BCUT2D eigenvalue weighted by atomic mass is 9.80. The smallest absolute Gasteiger partial charge is 0.222 e. The number of carbonyl (C=O) groups is 1. The number of hydrogen-bond donors (Lipinski definition) is 1. The molecule has 166 valence electrons. The van der Waals surface area contributed by atoms with Crippen molar-refractivity contribution >= 4 is 5.91 Å². The first-order valence-corrected chi connectivity index (χ1v) is 11.7. The van der Waals surface area contributed by atoms with Crippen LogP contribution in [0.25, 0.3) is 0 Å². The summed E-state index contributed by atoms with van der Waals surface area (Å²) in [6.07, 6.45) is 2.99. The molecule has 0 unspecified atom stereocenters. The summed E-state index contributed by atoms with van der Waals surface area (Å²) in [6.45, 7) is 10.9. The molecule has 1 aromatic heterocycles. The lowest BCUT2D eigenvalue weighted by molar-refractivity contribution is -0.130. The number of amides is 1. The number of nitrogens with zero attached hydrogens (tertiary/aromatic N) is 5. The van der Waals surface area contributed by atoms with E-state index in [4.69, 9.17) is 4.98 Å². The van der Waals surface area contributed by atoms with E-state index < -0.39 is 0 Å². The molecule has 7 heteroatoms. The molecule has 31 heavy (non-hydrogen) atoms. The molecule has 0 radical (unpaired) electrons. The topological polar surface area (TPSA) is 68.4 Å². The fourth-order valence-corrected chi connectivity index (χ4v) is 5.96. The first kappa shape index (κ1) is 20.6. The van der Waals surface area contributed by atoms with Gasteiger partial charge < -0.3 is 4.90 Å². The monoisotopic (exact) mass is 422 g/mol. The average Bonchev–Trinajstić information content (AvgIpc) is 3.47. The van der Waals surface area contributed by atoms with Crippen LogP contribution in [0.15, 0.2) is 30.3 Å². The van der Waals surface area contributed by atoms with Crippen molar-refractivity contribution in [3.8, 4) is 0 Å². The summed E-state index contributed by atoms with van der Waals surface area (Å²) < 4.78 is 0. The molecule has 1 N–H and O–H groups in total. The number of carbonyl (C=O) groups excluding carboxylic acids is 1. The molecule has 3 aliphatic rings. The highest BCUT2D eigenvalue weighted by Crippen LogP contribution is 2.45. The van der Waals surface area contributed by atoms with Gasteiger partial charge in [-0.05, 0) is 38.4 Å². The molecule has 0 spiro atoms. The van der Waals surface area contributed by atoms with Crippen molar-refractivity contribution in [1.82, 2.24) is 29.9 Å². The van der Waals surface area contributed by atoms with Crippen LogP contribution in [0.1, 0.15) is 43.4 Å². The first-order valence-electron chi connectivity index (χ1n) is 11.7. The van der Waals surface area contributed by atoms with Gasteiger partial charge in [-0.25, -0.2) is 4.98 Å². The van der Waals surface area contributed by atoms with Crippen molar-refractivity contribution in [2.75, 3.05) is 39.3 Å². The van der Waals surface area contributed by atoms with Crippen LogP contribution in [0.5, 0.6) is 0 Å². The second kappa shape index (κ2) is 8.36. The van der Waals surface area contributed by atoms with Gasteiger partial charge in [-0.3, -0.25) is 19.7 Å². The Balaban J connectivity index is 1.26. The van der Waals surface area contributed by atoms with Gasteiger partial charge in [-0.1, -0.05) is 37.3 Å². The SMILES string of the molecule is CCC(=O)N1C[C@H]2CN(C3CCN(Cc4ccccc4)CC3)C[C@@]2(c2n[nH]c(C)n2)C1. The van der Waals surface area contributed by atoms with Crippen LogP contribution in [0, 0.1) is 12.8 Å². The second-order valence-electron chi connectivity index (χ2n) is 9.65. The van der Waals surface area contributed by atoms with Gasteiger partial charge in [0.05, 0.1) is 5.41 Å². The van der Waals surface area contributed by atoms with Crippen LogP contribution in [0.2, 0.25) is 0 Å². The van der Waals surface area contributed by atoms with Crippen molar-refractivity contribution in [1.29, 1.82) is 0 Å². The third-order valence-electron chi connectivity index (χ3n) is 7.66. The zero-order valence-corrected chi connectivity index (χ0v) is 18.8. The van der Waals surface area contributed by atoms with E-state index in [0.29, 0.717) is 18.4 Å². The van der Waals surface area contributed by atoms with Gasteiger partial charge in [-0.2, -0.15) is 5.10 Å². The van der Waals surface area contributed by atoms with E-state index in [9.17, 15) is 4.79 Å². The van der Waals surface area contributed by atoms with Crippen LogP contribution < -0.4 is 0 Å². The molecule has 2 atom stereocenters. The molecule has 3 fully saturated rings. The molecule has 3 aliphatic heterocycles. The van der Waals surface area contributed by atoms with Crippen LogP contribution in [-0.4, -0.2) is 81.1 Å². The number of fused-ring (bicyclic) bond motifs is 1. The van der Waals surface area contributed by atoms with Crippen molar-refractivity contribution in [2.45, 2.75) is 51.1 Å². The Morgan fingerprint density at radius 1 is 1.16 bits per heavy atom. The Kier molecular flexibility index (Phi) is 5.56. The van der Waals surface area contributed by atoms with E-state index in [1.165, 1.54) is 18.4 Å². The largest absolute Gasteiger partial charge is 0.341 e. The lowest BCUT2D eigenvalue weighted by Gasteiger charge is -2.38. The van der Waals surface area contributed by atoms with Gasteiger partial charge in [0.2, 0.25) is 5.91 Å². The van der Waals surface area contributed by atoms with E-state index in [1.54, 1.807) is 0 Å². The lowest BCUT2D eigenvalue weighted by Crippen LogP contribution is -2.47. The maximum Gasteiger partial charge on any atom is 0.222 e. The number of aromatic nitrogens is 3. The predicted molar refractivity (Wildman–Crippen MR) is 119 cm³/mol. The van der Waals surface area contributed by atoms with E-state index in [-0.39, 0.29) is 11.3 Å². The maximum absolute atomic E-state index is 12.5. The van der Waals surface area contributed by atoms with Gasteiger partial charge in [0.1, 0.15) is 5.82 Å². The third-order valence-corrected chi connectivity index (χ3v) is 7.66. The normalized spacial score (nSPS) is 27.7. The quantitative estimate of drug-likeness (QED) is 0.800. The molecule has 7 nitrogen and oxygen atoms in total. The molecule has 3 saturated heterocycles. The summed E-state index contributed by atoms with van der Waals surface area (Å²) in [7, 11) is 0. The van der Waals surface area contributed by atoms with Crippen LogP contribution in [0.3, 0.4) is 0 Å². The zero-order chi connectivity index (χ0) is 21.4. The summed E-state index contributed by atoms with van der Waals surface area (Å²) in [4.78, 5) is 24.5. The molecule has 1 aromatic carbocycles. The number of rotatable bonds is 5. The van der Waals surface area contributed by atoms with Crippen molar-refractivity contribution < 1.29 is 4.79 Å². The third kappa shape index (κ3) is 3.89. The molecule has 2 aromatic rings. The number of H-pyrrole nitrogens is 1. The fourth-order valence-electron chi connectivity index (χ4n) is 5.96. The standard InChI is InChI=1S/C24H34N6O/c1-3-22(31)30-15-20-14-29(16-24(20,17-30)23-25-18(2)26-27-23)21-9-11-28(12-10-21)13-19-7-5-4-6-8-19/h4-8,20-21H,3,9-17H2,1-2H3,(H,25,26,27)/t20-,24-/m1/s1. The van der Waals surface area contributed by atoms with E-state index >= 15 is 0 Å². The van der Waals surface area contributed by atoms with Crippen molar-refractivity contribution in [3.63, 3.8) is 0 Å². The average molecular weight is 423 g/mol. The van der Waals surface area contributed by atoms with E-state index in [0.717, 1.165) is 57.5 Å². The second-order valence-corrected chi connectivity index (χ2v) is 9.65. The summed E-state index contributed by atoms with van der Waals surface area (Å²) in [5.41, 5.74) is 1.27. The van der Waals surface area contributed by atoms with Gasteiger partial charge in [-0.15, -0.1) is 0 Å². The number of piperidine rings is 1. The Bertz CT molecular complexity index is 906. The Morgan fingerprint density at radius 2 is 1.94 bits per heavy atom. The minimum absolute atomic E-state index is 0.128.